The summed E-state index contributed by atoms with van der Waals surface area (Å²) in [7, 11) is 0. The third-order valence-corrected chi connectivity index (χ3v) is 3.64. The number of para-hydroxylation sites is 2. The fourth-order valence-electron chi connectivity index (χ4n) is 2.30. The number of nitrogens with one attached hydrogen (secondary N) is 2. The van der Waals surface area contributed by atoms with Crippen molar-refractivity contribution in [3.8, 4) is 11.5 Å². The van der Waals surface area contributed by atoms with Gasteiger partial charge in [0, 0.05) is 12.3 Å². The molecular weight excluding hydrogens is 356 g/mol. The van der Waals surface area contributed by atoms with Crippen molar-refractivity contribution in [1.29, 1.82) is 0 Å². The molecule has 2 aromatic carbocycles. The molecule has 0 atom stereocenters. The van der Waals surface area contributed by atoms with Gasteiger partial charge in [0.15, 0.2) is 0 Å². The molecule has 0 saturated heterocycles. The second-order valence-electron chi connectivity index (χ2n) is 6.21. The van der Waals surface area contributed by atoms with Gasteiger partial charge in [-0.25, -0.2) is 0 Å². The average molecular weight is 384 g/mol. The van der Waals surface area contributed by atoms with E-state index in [1.54, 1.807) is 0 Å². The first-order chi connectivity index (χ1) is 13.6. The molecule has 1 amide bonds. The summed E-state index contributed by atoms with van der Waals surface area (Å²) in [6.45, 7) is 9.86. The van der Waals surface area contributed by atoms with Crippen molar-refractivity contribution in [3.05, 3.63) is 60.7 Å². The number of ether oxygens (including phenoxy) is 3. The van der Waals surface area contributed by atoms with E-state index in [4.69, 9.17) is 14.2 Å². The lowest BCUT2D eigenvalue weighted by molar-refractivity contribution is -0.114. The van der Waals surface area contributed by atoms with Crippen LogP contribution in [0.1, 0.15) is 13.8 Å². The standard InChI is InChI=1S/C22H28N2O4/c1-4-26-13-14-27-21-8-6-5-7-20(21)24-22(25)15-23-18-9-11-19(12-10-18)28-16-17(2)3/h5-12,23H,2,4,13-16H2,1,3H3,(H,24,25). The van der Waals surface area contributed by atoms with E-state index in [1.807, 2.05) is 62.4 Å². The number of amides is 1. The molecule has 6 nitrogen and oxygen atoms in total. The van der Waals surface area contributed by atoms with Crippen LogP contribution in [0.3, 0.4) is 0 Å². The third-order valence-electron chi connectivity index (χ3n) is 3.64. The van der Waals surface area contributed by atoms with Crippen molar-refractivity contribution < 1.29 is 19.0 Å². The molecule has 0 bridgehead atoms. The van der Waals surface area contributed by atoms with Gasteiger partial charge in [0.1, 0.15) is 24.7 Å². The van der Waals surface area contributed by atoms with E-state index in [2.05, 4.69) is 17.2 Å². The van der Waals surface area contributed by atoms with Crippen molar-refractivity contribution >= 4 is 17.3 Å². The maximum absolute atomic E-state index is 12.3. The Bertz CT molecular complexity index is 759. The van der Waals surface area contributed by atoms with Gasteiger partial charge in [-0.3, -0.25) is 4.79 Å². The molecular formula is C22H28N2O4. The Morgan fingerprint density at radius 1 is 1.04 bits per heavy atom. The molecule has 0 aromatic heterocycles. The Kier molecular flexibility index (Phi) is 8.88. The molecule has 0 saturated carbocycles. The van der Waals surface area contributed by atoms with Crippen LogP contribution in [0.25, 0.3) is 0 Å². The Labute approximate surface area is 166 Å². The number of carbonyl (C=O) groups is 1. The highest BCUT2D eigenvalue weighted by atomic mass is 16.5. The van der Waals surface area contributed by atoms with Gasteiger partial charge >= 0.3 is 0 Å². The third kappa shape index (κ3) is 7.72. The normalized spacial score (nSPS) is 10.2. The summed E-state index contributed by atoms with van der Waals surface area (Å²) in [5.41, 5.74) is 2.43. The smallest absolute Gasteiger partial charge is 0.243 e. The molecule has 0 aliphatic rings. The van der Waals surface area contributed by atoms with Crippen LogP contribution in [-0.2, 0) is 9.53 Å². The Balaban J connectivity index is 1.81. The van der Waals surface area contributed by atoms with Gasteiger partial charge in [-0.1, -0.05) is 18.7 Å². The lowest BCUT2D eigenvalue weighted by Gasteiger charge is -2.13. The van der Waals surface area contributed by atoms with Gasteiger partial charge in [-0.2, -0.15) is 0 Å². The second-order valence-corrected chi connectivity index (χ2v) is 6.21. The van der Waals surface area contributed by atoms with Crippen molar-refractivity contribution in [2.75, 3.05) is 43.6 Å². The molecule has 150 valence electrons. The van der Waals surface area contributed by atoms with E-state index in [-0.39, 0.29) is 12.5 Å². The van der Waals surface area contributed by atoms with E-state index >= 15 is 0 Å². The zero-order chi connectivity index (χ0) is 20.2. The fraction of sp³-hybridized carbons (Fsp3) is 0.318. The molecule has 0 aliphatic carbocycles. The van der Waals surface area contributed by atoms with Gasteiger partial charge in [0.2, 0.25) is 5.91 Å². The van der Waals surface area contributed by atoms with Crippen LogP contribution >= 0.6 is 0 Å². The summed E-state index contributed by atoms with van der Waals surface area (Å²) in [6.07, 6.45) is 0. The quantitative estimate of drug-likeness (QED) is 0.426. The monoisotopic (exact) mass is 384 g/mol. The predicted molar refractivity (Wildman–Crippen MR) is 112 cm³/mol. The number of hydrogen-bond acceptors (Lipinski definition) is 5. The van der Waals surface area contributed by atoms with Crippen LogP contribution in [0.4, 0.5) is 11.4 Å². The second kappa shape index (κ2) is 11.7. The molecule has 0 radical (unpaired) electrons. The molecule has 0 aliphatic heterocycles. The predicted octanol–water partition coefficient (Wildman–Crippen LogP) is 4.11. The first-order valence-corrected chi connectivity index (χ1v) is 9.29. The molecule has 2 rings (SSSR count). The van der Waals surface area contributed by atoms with Gasteiger partial charge in [0.25, 0.3) is 0 Å². The summed E-state index contributed by atoms with van der Waals surface area (Å²) >= 11 is 0. The van der Waals surface area contributed by atoms with Crippen LogP contribution in [-0.4, -0.2) is 38.9 Å². The molecule has 6 heteroatoms. The van der Waals surface area contributed by atoms with E-state index in [9.17, 15) is 4.79 Å². The highest BCUT2D eigenvalue weighted by Gasteiger charge is 2.08. The van der Waals surface area contributed by atoms with Crippen LogP contribution in [0.5, 0.6) is 11.5 Å². The fourth-order valence-corrected chi connectivity index (χ4v) is 2.30. The summed E-state index contributed by atoms with van der Waals surface area (Å²) in [6, 6.07) is 14.8. The van der Waals surface area contributed by atoms with E-state index in [0.29, 0.717) is 37.9 Å². The summed E-state index contributed by atoms with van der Waals surface area (Å²) in [5, 5.41) is 5.95. The average Bonchev–Trinajstić information content (AvgIpc) is 2.70. The van der Waals surface area contributed by atoms with Crippen molar-refractivity contribution in [2.45, 2.75) is 13.8 Å². The largest absolute Gasteiger partial charge is 0.489 e. The van der Waals surface area contributed by atoms with Crippen molar-refractivity contribution in [1.82, 2.24) is 0 Å². The maximum atomic E-state index is 12.3. The first-order valence-electron chi connectivity index (χ1n) is 9.29. The van der Waals surface area contributed by atoms with E-state index in [1.165, 1.54) is 0 Å². The summed E-state index contributed by atoms with van der Waals surface area (Å²) in [5.74, 6) is 1.22. The zero-order valence-electron chi connectivity index (χ0n) is 16.5. The van der Waals surface area contributed by atoms with Crippen LogP contribution < -0.4 is 20.1 Å². The Morgan fingerprint density at radius 2 is 1.79 bits per heavy atom. The van der Waals surface area contributed by atoms with Crippen molar-refractivity contribution in [3.63, 3.8) is 0 Å². The molecule has 2 N–H and O–H groups in total. The Hall–Kier alpha value is -2.99. The van der Waals surface area contributed by atoms with Gasteiger partial charge in [-0.05, 0) is 55.8 Å². The molecule has 28 heavy (non-hydrogen) atoms. The maximum Gasteiger partial charge on any atom is 0.243 e. The SMILES string of the molecule is C=C(C)COc1ccc(NCC(=O)Nc2ccccc2OCCOCC)cc1. The van der Waals surface area contributed by atoms with Crippen molar-refractivity contribution in [2.24, 2.45) is 0 Å². The highest BCUT2D eigenvalue weighted by Crippen LogP contribution is 2.23. The highest BCUT2D eigenvalue weighted by molar-refractivity contribution is 5.95. The minimum Gasteiger partial charge on any atom is -0.489 e. The zero-order valence-corrected chi connectivity index (χ0v) is 16.5. The molecule has 0 spiro atoms. The van der Waals surface area contributed by atoms with Gasteiger partial charge in [0.05, 0.1) is 18.8 Å². The number of benzene rings is 2. The lowest BCUT2D eigenvalue weighted by atomic mass is 10.3. The summed E-state index contributed by atoms with van der Waals surface area (Å²) in [4.78, 5) is 12.3. The molecule has 0 heterocycles. The van der Waals surface area contributed by atoms with E-state index < -0.39 is 0 Å². The number of hydrogen-bond donors (Lipinski definition) is 2. The minimum absolute atomic E-state index is 0.138. The minimum atomic E-state index is -0.163. The molecule has 0 fully saturated rings. The molecule has 2 aromatic rings. The topological polar surface area (TPSA) is 68.8 Å². The van der Waals surface area contributed by atoms with Crippen LogP contribution in [0.2, 0.25) is 0 Å². The lowest BCUT2D eigenvalue weighted by Crippen LogP contribution is -2.22. The van der Waals surface area contributed by atoms with Gasteiger partial charge < -0.3 is 24.8 Å². The number of anilines is 2. The Morgan fingerprint density at radius 3 is 2.50 bits per heavy atom. The molecule has 0 unspecified atom stereocenters. The first kappa shape index (κ1) is 21.3. The number of rotatable bonds is 12. The number of carbonyl (C=O) groups excluding carboxylic acids is 1. The summed E-state index contributed by atoms with van der Waals surface area (Å²) < 4.78 is 16.5. The van der Waals surface area contributed by atoms with Crippen LogP contribution in [0, 0.1) is 0 Å². The van der Waals surface area contributed by atoms with E-state index in [0.717, 1.165) is 17.0 Å². The van der Waals surface area contributed by atoms with Gasteiger partial charge in [-0.15, -0.1) is 0 Å². The van der Waals surface area contributed by atoms with Crippen LogP contribution in [0.15, 0.2) is 60.7 Å².